The molecule has 0 aliphatic heterocycles. The highest BCUT2D eigenvalue weighted by Crippen LogP contribution is 2.31. The predicted molar refractivity (Wildman–Crippen MR) is 69.6 cm³/mol. The monoisotopic (exact) mass is 271 g/mol. The number of aromatic nitrogens is 2. The Morgan fingerprint density at radius 1 is 1.39 bits per heavy atom. The first-order valence-corrected chi connectivity index (χ1v) is 7.96. The normalized spacial score (nSPS) is 25.5. The summed E-state index contributed by atoms with van der Waals surface area (Å²) in [6.07, 6.45) is 8.19. The van der Waals surface area contributed by atoms with Crippen molar-refractivity contribution in [1.82, 2.24) is 14.5 Å². The van der Waals surface area contributed by atoms with Crippen molar-refractivity contribution in [1.29, 1.82) is 0 Å². The smallest absolute Gasteiger partial charge is 0.246 e. The lowest BCUT2D eigenvalue weighted by Gasteiger charge is -2.33. The maximum Gasteiger partial charge on any atom is 0.246 e. The van der Waals surface area contributed by atoms with Gasteiger partial charge >= 0.3 is 0 Å². The van der Waals surface area contributed by atoms with Gasteiger partial charge in [-0.15, -0.1) is 0 Å². The fraction of sp³-hybridized carbons (Fsp3) is 0.750. The Morgan fingerprint density at radius 3 is 2.56 bits per heavy atom. The number of nitrogens with one attached hydrogen (secondary N) is 1. The second kappa shape index (κ2) is 5.40. The Labute approximate surface area is 109 Å². The molecule has 0 unspecified atom stereocenters. The Balaban J connectivity index is 2.06. The number of hydrogen-bond donors (Lipinski definition) is 1. The minimum Gasteiger partial charge on any atom is -0.284 e. The molecule has 0 amide bonds. The number of H-pyrrole nitrogens is 1. The van der Waals surface area contributed by atoms with Crippen LogP contribution in [0.4, 0.5) is 0 Å². The van der Waals surface area contributed by atoms with Crippen LogP contribution in [0.15, 0.2) is 17.3 Å². The molecule has 102 valence electrons. The molecule has 0 bridgehead atoms. The van der Waals surface area contributed by atoms with E-state index in [1.165, 1.54) is 23.1 Å². The van der Waals surface area contributed by atoms with E-state index in [1.54, 1.807) is 7.05 Å². The lowest BCUT2D eigenvalue weighted by Crippen LogP contribution is -2.39. The van der Waals surface area contributed by atoms with E-state index in [4.69, 9.17) is 0 Å². The number of aromatic amines is 1. The fourth-order valence-electron chi connectivity index (χ4n) is 2.66. The van der Waals surface area contributed by atoms with E-state index in [1.807, 2.05) is 0 Å². The van der Waals surface area contributed by atoms with Gasteiger partial charge in [-0.05, 0) is 31.6 Å². The highest BCUT2D eigenvalue weighted by atomic mass is 32.2. The lowest BCUT2D eigenvalue weighted by molar-refractivity contribution is 0.233. The zero-order valence-corrected chi connectivity index (χ0v) is 11.8. The van der Waals surface area contributed by atoms with Crippen LogP contribution >= 0.6 is 0 Å². The van der Waals surface area contributed by atoms with Crippen LogP contribution < -0.4 is 0 Å². The van der Waals surface area contributed by atoms with E-state index < -0.39 is 10.0 Å². The highest BCUT2D eigenvalue weighted by molar-refractivity contribution is 7.89. The summed E-state index contributed by atoms with van der Waals surface area (Å²) >= 11 is 0. The first kappa shape index (κ1) is 13.5. The molecule has 6 heteroatoms. The van der Waals surface area contributed by atoms with Gasteiger partial charge in [-0.25, -0.2) is 8.42 Å². The van der Waals surface area contributed by atoms with Gasteiger partial charge in [0.2, 0.25) is 10.0 Å². The number of hydrogen-bond acceptors (Lipinski definition) is 3. The Bertz CT molecular complexity index is 462. The molecule has 0 saturated heterocycles. The molecule has 1 heterocycles. The molecule has 0 spiro atoms. The second-order valence-electron chi connectivity index (χ2n) is 5.04. The van der Waals surface area contributed by atoms with Gasteiger partial charge in [0.05, 0.1) is 6.20 Å². The molecule has 1 fully saturated rings. The number of nitrogens with zero attached hydrogens (tertiary/aromatic N) is 2. The molecule has 5 nitrogen and oxygen atoms in total. The molecular formula is C12H21N3O2S. The van der Waals surface area contributed by atoms with Crippen LogP contribution in [0.5, 0.6) is 0 Å². The molecule has 0 atom stereocenters. The van der Waals surface area contributed by atoms with E-state index in [2.05, 4.69) is 17.1 Å². The predicted octanol–water partition coefficient (Wildman–Crippen LogP) is 2.00. The van der Waals surface area contributed by atoms with Crippen molar-refractivity contribution >= 4 is 10.0 Å². The van der Waals surface area contributed by atoms with Crippen LogP contribution in [0.25, 0.3) is 0 Å². The first-order valence-electron chi connectivity index (χ1n) is 6.52. The van der Waals surface area contributed by atoms with Crippen molar-refractivity contribution in [2.45, 2.75) is 50.0 Å². The standard InChI is InChI=1S/C12H21N3O2S/c1-3-10-4-6-11(7-5-10)15(2)18(16,17)12-8-13-14-9-12/h8-11H,3-7H2,1-2H3,(H,13,14). The topological polar surface area (TPSA) is 66.1 Å². The van der Waals surface area contributed by atoms with Crippen LogP contribution in [0.3, 0.4) is 0 Å². The Kier molecular flexibility index (Phi) is 4.07. The van der Waals surface area contributed by atoms with E-state index in [9.17, 15) is 8.42 Å². The van der Waals surface area contributed by atoms with Gasteiger partial charge in [-0.1, -0.05) is 13.3 Å². The summed E-state index contributed by atoms with van der Waals surface area (Å²) in [5, 5.41) is 6.26. The molecule has 1 saturated carbocycles. The number of sulfonamides is 1. The number of rotatable bonds is 4. The van der Waals surface area contributed by atoms with Gasteiger partial charge < -0.3 is 0 Å². The van der Waals surface area contributed by atoms with E-state index in [0.29, 0.717) is 0 Å². The second-order valence-corrected chi connectivity index (χ2v) is 7.04. The zero-order chi connectivity index (χ0) is 13.2. The van der Waals surface area contributed by atoms with Crippen LogP contribution in [0.2, 0.25) is 0 Å². The third kappa shape index (κ3) is 2.59. The summed E-state index contributed by atoms with van der Waals surface area (Å²) in [7, 11) is -1.70. The van der Waals surface area contributed by atoms with E-state index in [0.717, 1.165) is 31.6 Å². The Hall–Kier alpha value is -0.880. The summed E-state index contributed by atoms with van der Waals surface area (Å²) in [6, 6.07) is 0.132. The molecule has 2 rings (SSSR count). The Morgan fingerprint density at radius 2 is 2.06 bits per heavy atom. The molecule has 0 radical (unpaired) electrons. The lowest BCUT2D eigenvalue weighted by atomic mass is 9.85. The molecule has 1 N–H and O–H groups in total. The van der Waals surface area contributed by atoms with Crippen molar-refractivity contribution in [2.24, 2.45) is 5.92 Å². The third-order valence-electron chi connectivity index (χ3n) is 4.06. The minimum atomic E-state index is -3.38. The highest BCUT2D eigenvalue weighted by Gasteiger charge is 2.31. The zero-order valence-electron chi connectivity index (χ0n) is 11.0. The molecular weight excluding hydrogens is 250 g/mol. The largest absolute Gasteiger partial charge is 0.284 e. The van der Waals surface area contributed by atoms with Crippen molar-refractivity contribution < 1.29 is 8.42 Å². The molecule has 1 aliphatic rings. The van der Waals surface area contributed by atoms with Gasteiger partial charge in [0.15, 0.2) is 0 Å². The maximum absolute atomic E-state index is 12.3. The van der Waals surface area contributed by atoms with Crippen molar-refractivity contribution in [3.63, 3.8) is 0 Å². The van der Waals surface area contributed by atoms with E-state index >= 15 is 0 Å². The van der Waals surface area contributed by atoms with Gasteiger partial charge in [-0.3, -0.25) is 5.10 Å². The summed E-state index contributed by atoms with van der Waals surface area (Å²) in [4.78, 5) is 0.252. The summed E-state index contributed by atoms with van der Waals surface area (Å²) in [5.41, 5.74) is 0. The summed E-state index contributed by atoms with van der Waals surface area (Å²) in [5.74, 6) is 0.770. The van der Waals surface area contributed by atoms with Crippen LogP contribution in [0, 0.1) is 5.92 Å². The van der Waals surface area contributed by atoms with Gasteiger partial charge in [0.1, 0.15) is 4.90 Å². The first-order chi connectivity index (χ1) is 8.55. The third-order valence-corrected chi connectivity index (χ3v) is 5.93. The van der Waals surface area contributed by atoms with Crippen LogP contribution in [0.1, 0.15) is 39.0 Å². The fourth-order valence-corrected chi connectivity index (χ4v) is 3.98. The average molecular weight is 271 g/mol. The summed E-state index contributed by atoms with van der Waals surface area (Å²) < 4.78 is 26.1. The minimum absolute atomic E-state index is 0.132. The molecule has 1 aliphatic carbocycles. The SMILES string of the molecule is CCC1CCC(N(C)S(=O)(=O)c2cn[nH]c2)CC1. The van der Waals surface area contributed by atoms with Crippen molar-refractivity contribution in [3.05, 3.63) is 12.4 Å². The average Bonchev–Trinajstić information content (AvgIpc) is 2.92. The van der Waals surface area contributed by atoms with Crippen molar-refractivity contribution in [3.8, 4) is 0 Å². The quantitative estimate of drug-likeness (QED) is 0.910. The van der Waals surface area contributed by atoms with Gasteiger partial charge in [0, 0.05) is 19.3 Å². The van der Waals surface area contributed by atoms with Gasteiger partial charge in [-0.2, -0.15) is 9.40 Å². The van der Waals surface area contributed by atoms with Crippen LogP contribution in [-0.2, 0) is 10.0 Å². The molecule has 1 aromatic rings. The van der Waals surface area contributed by atoms with Crippen LogP contribution in [-0.4, -0.2) is 36.0 Å². The van der Waals surface area contributed by atoms with E-state index in [-0.39, 0.29) is 10.9 Å². The van der Waals surface area contributed by atoms with Crippen molar-refractivity contribution in [2.75, 3.05) is 7.05 Å². The maximum atomic E-state index is 12.3. The summed E-state index contributed by atoms with van der Waals surface area (Å²) in [6.45, 7) is 2.21. The molecule has 0 aromatic carbocycles. The molecule has 1 aromatic heterocycles. The molecule has 18 heavy (non-hydrogen) atoms. The van der Waals surface area contributed by atoms with Gasteiger partial charge in [0.25, 0.3) is 0 Å².